The standard InChI is InChI=1S/C14H21N5O2/c1-4-8-15-12-17-13(19-14(18-12)20-5-2)16-9-11-7-6-10(3)21-11/h6-7H,4-5,8-9H2,1-3H3,(H2,15,16,17,18,19). The van der Waals surface area contributed by atoms with E-state index in [-0.39, 0.29) is 0 Å². The van der Waals surface area contributed by atoms with Gasteiger partial charge in [-0.05, 0) is 32.4 Å². The molecule has 0 saturated heterocycles. The van der Waals surface area contributed by atoms with Gasteiger partial charge in [-0.15, -0.1) is 0 Å². The average molecular weight is 291 g/mol. The van der Waals surface area contributed by atoms with Crippen LogP contribution in [0.5, 0.6) is 6.01 Å². The maximum Gasteiger partial charge on any atom is 0.323 e. The van der Waals surface area contributed by atoms with Gasteiger partial charge < -0.3 is 19.8 Å². The molecule has 0 aliphatic heterocycles. The quantitative estimate of drug-likeness (QED) is 0.773. The Morgan fingerprint density at radius 1 is 1.10 bits per heavy atom. The van der Waals surface area contributed by atoms with Gasteiger partial charge in [0.05, 0.1) is 13.2 Å². The Morgan fingerprint density at radius 2 is 1.86 bits per heavy atom. The van der Waals surface area contributed by atoms with Gasteiger partial charge in [0, 0.05) is 6.54 Å². The lowest BCUT2D eigenvalue weighted by atomic mass is 10.4. The van der Waals surface area contributed by atoms with Crippen LogP contribution in [-0.4, -0.2) is 28.1 Å². The first-order valence-corrected chi connectivity index (χ1v) is 7.13. The third-order valence-electron chi connectivity index (χ3n) is 2.64. The Balaban J connectivity index is 2.07. The van der Waals surface area contributed by atoms with Crippen molar-refractivity contribution < 1.29 is 9.15 Å². The van der Waals surface area contributed by atoms with Gasteiger partial charge in [-0.2, -0.15) is 15.0 Å². The van der Waals surface area contributed by atoms with Crippen LogP contribution in [0.3, 0.4) is 0 Å². The molecule has 7 heteroatoms. The fourth-order valence-corrected chi connectivity index (χ4v) is 1.69. The van der Waals surface area contributed by atoms with Gasteiger partial charge >= 0.3 is 6.01 Å². The lowest BCUT2D eigenvalue weighted by Gasteiger charge is -2.09. The normalized spacial score (nSPS) is 10.4. The van der Waals surface area contributed by atoms with Crippen molar-refractivity contribution in [2.24, 2.45) is 0 Å². The average Bonchev–Trinajstić information content (AvgIpc) is 2.89. The van der Waals surface area contributed by atoms with Crippen LogP contribution >= 0.6 is 0 Å². The number of aryl methyl sites for hydroxylation is 1. The predicted molar refractivity (Wildman–Crippen MR) is 80.5 cm³/mol. The van der Waals surface area contributed by atoms with Crippen LogP contribution in [0.2, 0.25) is 0 Å². The van der Waals surface area contributed by atoms with Crippen LogP contribution in [0, 0.1) is 6.92 Å². The van der Waals surface area contributed by atoms with Crippen molar-refractivity contribution in [3.8, 4) is 6.01 Å². The van der Waals surface area contributed by atoms with E-state index < -0.39 is 0 Å². The summed E-state index contributed by atoms with van der Waals surface area (Å²) in [5.74, 6) is 2.67. The largest absolute Gasteiger partial charge is 0.465 e. The first-order chi connectivity index (χ1) is 10.2. The second-order valence-electron chi connectivity index (χ2n) is 4.49. The Bertz CT molecular complexity index is 570. The van der Waals surface area contributed by atoms with Crippen LogP contribution in [0.1, 0.15) is 31.8 Å². The van der Waals surface area contributed by atoms with E-state index >= 15 is 0 Å². The van der Waals surface area contributed by atoms with Gasteiger partial charge in [-0.3, -0.25) is 0 Å². The van der Waals surface area contributed by atoms with Gasteiger partial charge in [0.25, 0.3) is 0 Å². The lowest BCUT2D eigenvalue weighted by Crippen LogP contribution is -2.11. The minimum absolute atomic E-state index is 0.309. The molecule has 0 spiro atoms. The van der Waals surface area contributed by atoms with Crippen molar-refractivity contribution >= 4 is 11.9 Å². The fourth-order valence-electron chi connectivity index (χ4n) is 1.69. The zero-order valence-corrected chi connectivity index (χ0v) is 12.6. The van der Waals surface area contributed by atoms with E-state index in [0.29, 0.717) is 31.1 Å². The molecule has 2 aromatic rings. The third-order valence-corrected chi connectivity index (χ3v) is 2.64. The molecule has 2 rings (SSSR count). The number of hydrogen-bond donors (Lipinski definition) is 2. The van der Waals surface area contributed by atoms with Crippen molar-refractivity contribution in [3.63, 3.8) is 0 Å². The molecule has 0 aromatic carbocycles. The monoisotopic (exact) mass is 291 g/mol. The number of aromatic nitrogens is 3. The molecule has 2 heterocycles. The summed E-state index contributed by atoms with van der Waals surface area (Å²) in [6.07, 6.45) is 0.990. The van der Waals surface area contributed by atoms with Crippen LogP contribution in [0.4, 0.5) is 11.9 Å². The molecule has 21 heavy (non-hydrogen) atoms. The van der Waals surface area contributed by atoms with Crippen molar-refractivity contribution in [3.05, 3.63) is 23.7 Å². The summed E-state index contributed by atoms with van der Waals surface area (Å²) < 4.78 is 10.9. The fraction of sp³-hybridized carbons (Fsp3) is 0.500. The molecule has 7 nitrogen and oxygen atoms in total. The maximum absolute atomic E-state index is 5.50. The summed E-state index contributed by atoms with van der Waals surface area (Å²) in [4.78, 5) is 12.7. The highest BCUT2D eigenvalue weighted by Gasteiger charge is 2.07. The summed E-state index contributed by atoms with van der Waals surface area (Å²) in [5, 5.41) is 6.24. The van der Waals surface area contributed by atoms with Gasteiger partial charge in [0.15, 0.2) is 0 Å². The molecule has 0 amide bonds. The van der Waals surface area contributed by atoms with Crippen LogP contribution < -0.4 is 15.4 Å². The summed E-state index contributed by atoms with van der Waals surface area (Å²) in [5.41, 5.74) is 0. The van der Waals surface area contributed by atoms with E-state index in [1.54, 1.807) is 0 Å². The first-order valence-electron chi connectivity index (χ1n) is 7.13. The molecule has 0 aliphatic rings. The molecule has 114 valence electrons. The van der Waals surface area contributed by atoms with E-state index in [0.717, 1.165) is 24.5 Å². The van der Waals surface area contributed by atoms with Crippen molar-refractivity contribution in [1.82, 2.24) is 15.0 Å². The highest BCUT2D eigenvalue weighted by Crippen LogP contribution is 2.13. The van der Waals surface area contributed by atoms with Gasteiger partial charge in [0.1, 0.15) is 11.5 Å². The highest BCUT2D eigenvalue weighted by atomic mass is 16.5. The number of furan rings is 1. The summed E-state index contributed by atoms with van der Waals surface area (Å²) in [6.45, 7) is 7.70. The lowest BCUT2D eigenvalue weighted by molar-refractivity contribution is 0.312. The molecule has 0 radical (unpaired) electrons. The molecule has 0 aliphatic carbocycles. The summed E-state index contributed by atoms with van der Waals surface area (Å²) in [6, 6.07) is 4.15. The number of hydrogen-bond acceptors (Lipinski definition) is 7. The first kappa shape index (κ1) is 15.1. The molecule has 0 bridgehead atoms. The van der Waals surface area contributed by atoms with Crippen molar-refractivity contribution in [2.45, 2.75) is 33.7 Å². The number of anilines is 2. The second-order valence-corrected chi connectivity index (χ2v) is 4.49. The molecule has 0 atom stereocenters. The number of rotatable bonds is 8. The molecule has 2 N–H and O–H groups in total. The minimum atomic E-state index is 0.309. The van der Waals surface area contributed by atoms with E-state index in [1.807, 2.05) is 26.0 Å². The zero-order chi connectivity index (χ0) is 15.1. The zero-order valence-electron chi connectivity index (χ0n) is 12.6. The highest BCUT2D eigenvalue weighted by molar-refractivity contribution is 5.36. The number of nitrogens with one attached hydrogen (secondary N) is 2. The minimum Gasteiger partial charge on any atom is -0.465 e. The number of nitrogens with zero attached hydrogens (tertiary/aromatic N) is 3. The van der Waals surface area contributed by atoms with Gasteiger partial charge in [-0.1, -0.05) is 6.92 Å². The Kier molecular flexibility index (Phi) is 5.36. The molecule has 0 unspecified atom stereocenters. The molecular weight excluding hydrogens is 270 g/mol. The second kappa shape index (κ2) is 7.47. The van der Waals surface area contributed by atoms with Gasteiger partial charge in [-0.25, -0.2) is 0 Å². The van der Waals surface area contributed by atoms with Crippen LogP contribution in [-0.2, 0) is 6.54 Å². The summed E-state index contributed by atoms with van der Waals surface area (Å²) in [7, 11) is 0. The Labute approximate surface area is 124 Å². The van der Waals surface area contributed by atoms with Crippen LogP contribution in [0.25, 0.3) is 0 Å². The van der Waals surface area contributed by atoms with Crippen LogP contribution in [0.15, 0.2) is 16.5 Å². The van der Waals surface area contributed by atoms with Gasteiger partial charge in [0.2, 0.25) is 11.9 Å². The van der Waals surface area contributed by atoms with E-state index in [2.05, 4.69) is 32.5 Å². The topological polar surface area (TPSA) is 85.1 Å². The molecular formula is C14H21N5O2. The molecule has 2 aromatic heterocycles. The Morgan fingerprint density at radius 3 is 2.48 bits per heavy atom. The maximum atomic E-state index is 5.50. The summed E-state index contributed by atoms with van der Waals surface area (Å²) >= 11 is 0. The van der Waals surface area contributed by atoms with E-state index in [9.17, 15) is 0 Å². The van der Waals surface area contributed by atoms with Crippen molar-refractivity contribution in [1.29, 1.82) is 0 Å². The Hall–Kier alpha value is -2.31. The molecule has 0 saturated carbocycles. The third kappa shape index (κ3) is 4.62. The molecule has 0 fully saturated rings. The SMILES string of the molecule is CCCNc1nc(NCc2ccc(C)o2)nc(OCC)n1. The number of ether oxygens (including phenoxy) is 1. The van der Waals surface area contributed by atoms with E-state index in [4.69, 9.17) is 9.15 Å². The smallest absolute Gasteiger partial charge is 0.323 e. The van der Waals surface area contributed by atoms with E-state index in [1.165, 1.54) is 0 Å². The van der Waals surface area contributed by atoms with Crippen molar-refractivity contribution in [2.75, 3.05) is 23.8 Å². The predicted octanol–water partition coefficient (Wildman–Crippen LogP) is 2.61.